The number of hydrogen-bond donors (Lipinski definition) is 0. The maximum atomic E-state index is 13.6. The van der Waals surface area contributed by atoms with Crippen molar-refractivity contribution >= 4 is 28.1 Å². The summed E-state index contributed by atoms with van der Waals surface area (Å²) < 4.78 is 1.34. The van der Waals surface area contributed by atoms with E-state index in [4.69, 9.17) is 0 Å². The Morgan fingerprint density at radius 1 is 0.857 bits per heavy atom. The normalized spacial score (nSPS) is 13.7. The Labute approximate surface area is 201 Å². The average molecular weight is 470 g/mol. The number of para-hydroxylation sites is 2. The molecule has 5 rings (SSSR count). The zero-order valence-corrected chi connectivity index (χ0v) is 18.9. The van der Waals surface area contributed by atoms with Crippen LogP contribution in [0.2, 0.25) is 0 Å². The third kappa shape index (κ3) is 4.35. The fourth-order valence-electron chi connectivity index (χ4n) is 4.44. The first kappa shape index (κ1) is 22.3. The van der Waals surface area contributed by atoms with Crippen molar-refractivity contribution in [1.29, 1.82) is 0 Å². The summed E-state index contributed by atoms with van der Waals surface area (Å²) >= 11 is 0. The lowest BCUT2D eigenvalue weighted by Crippen LogP contribution is -2.49. The lowest BCUT2D eigenvalue weighted by molar-refractivity contribution is -0.384. The molecule has 0 saturated carbocycles. The maximum Gasteiger partial charge on any atom is 0.292 e. The maximum absolute atomic E-state index is 13.6. The van der Waals surface area contributed by atoms with E-state index in [1.807, 2.05) is 35.2 Å². The van der Waals surface area contributed by atoms with E-state index < -0.39 is 0 Å². The summed E-state index contributed by atoms with van der Waals surface area (Å²) in [6.07, 6.45) is 0. The molecule has 1 aliphatic heterocycles. The number of nitro groups is 1. The molecule has 4 aromatic rings. The van der Waals surface area contributed by atoms with Crippen molar-refractivity contribution in [1.82, 2.24) is 14.7 Å². The molecule has 0 bridgehead atoms. The topological polar surface area (TPSA) is 102 Å². The molecule has 0 radical (unpaired) electrons. The molecule has 2 heterocycles. The molecule has 1 aromatic heterocycles. The summed E-state index contributed by atoms with van der Waals surface area (Å²) in [6, 6.07) is 23.1. The van der Waals surface area contributed by atoms with E-state index in [0.717, 1.165) is 5.56 Å². The van der Waals surface area contributed by atoms with Crippen LogP contribution in [0.5, 0.6) is 0 Å². The Morgan fingerprint density at radius 2 is 1.49 bits per heavy atom. The minimum absolute atomic E-state index is 0.0490. The van der Waals surface area contributed by atoms with Crippen LogP contribution in [0, 0.1) is 10.1 Å². The molecular weight excluding hydrogens is 446 g/mol. The lowest BCUT2D eigenvalue weighted by atomic mass is 10.1. The molecule has 9 heteroatoms. The molecule has 0 N–H and O–H groups in total. The van der Waals surface area contributed by atoms with Crippen molar-refractivity contribution in [3.05, 3.63) is 111 Å². The van der Waals surface area contributed by atoms with Crippen LogP contribution in [-0.4, -0.2) is 51.7 Å². The molecule has 0 aliphatic carbocycles. The molecule has 0 spiro atoms. The number of nitro benzene ring substituents is 1. The predicted molar refractivity (Wildman–Crippen MR) is 133 cm³/mol. The summed E-state index contributed by atoms with van der Waals surface area (Å²) in [5, 5.41) is 16.9. The van der Waals surface area contributed by atoms with E-state index in [-0.39, 0.29) is 34.3 Å². The molecule has 1 fully saturated rings. The Morgan fingerprint density at radius 3 is 2.20 bits per heavy atom. The smallest absolute Gasteiger partial charge is 0.292 e. The van der Waals surface area contributed by atoms with E-state index in [1.54, 1.807) is 47.4 Å². The van der Waals surface area contributed by atoms with Gasteiger partial charge in [0.25, 0.3) is 17.2 Å². The number of carbonyl (C=O) groups excluding carboxylic acids is 1. The van der Waals surface area contributed by atoms with Gasteiger partial charge in [0.1, 0.15) is 5.69 Å². The van der Waals surface area contributed by atoms with Crippen molar-refractivity contribution in [2.24, 2.45) is 0 Å². The number of rotatable bonds is 5. The highest BCUT2D eigenvalue weighted by molar-refractivity contribution is 6.04. The van der Waals surface area contributed by atoms with Crippen LogP contribution in [0.15, 0.2) is 83.7 Å². The number of carbonyl (C=O) groups is 1. The van der Waals surface area contributed by atoms with Gasteiger partial charge in [0.15, 0.2) is 5.69 Å². The molecule has 35 heavy (non-hydrogen) atoms. The second kappa shape index (κ2) is 9.38. The fourth-order valence-corrected chi connectivity index (χ4v) is 4.44. The third-order valence-corrected chi connectivity index (χ3v) is 6.23. The SMILES string of the molecule is O=C(c1nn(Cc2ccccc2)c(=O)c2ccccc12)N1CCN(c2ccccc2[N+](=O)[O-])CC1. The van der Waals surface area contributed by atoms with Crippen molar-refractivity contribution in [3.8, 4) is 0 Å². The largest absolute Gasteiger partial charge is 0.362 e. The van der Waals surface area contributed by atoms with Gasteiger partial charge in [0, 0.05) is 37.6 Å². The number of piperazine rings is 1. The zero-order chi connectivity index (χ0) is 24.4. The van der Waals surface area contributed by atoms with Crippen LogP contribution < -0.4 is 10.5 Å². The van der Waals surface area contributed by atoms with Gasteiger partial charge in [-0.05, 0) is 17.7 Å². The zero-order valence-electron chi connectivity index (χ0n) is 18.9. The van der Waals surface area contributed by atoms with Crippen LogP contribution in [0.3, 0.4) is 0 Å². The number of amides is 1. The highest BCUT2D eigenvalue weighted by Gasteiger charge is 2.28. The monoisotopic (exact) mass is 469 g/mol. The second-order valence-corrected chi connectivity index (χ2v) is 8.37. The van der Waals surface area contributed by atoms with Gasteiger partial charge < -0.3 is 9.80 Å². The van der Waals surface area contributed by atoms with E-state index >= 15 is 0 Å². The van der Waals surface area contributed by atoms with Gasteiger partial charge in [-0.15, -0.1) is 0 Å². The van der Waals surface area contributed by atoms with Crippen LogP contribution in [0.4, 0.5) is 11.4 Å². The van der Waals surface area contributed by atoms with Gasteiger partial charge in [-0.1, -0.05) is 60.7 Å². The standard InChI is InChI=1S/C26H23N5O4/c32-25-21-11-5-4-10-20(21)24(27-30(25)18-19-8-2-1-3-9-19)26(33)29-16-14-28(15-17-29)22-12-6-7-13-23(22)31(34)35/h1-13H,14-18H2. The molecule has 1 amide bonds. The summed E-state index contributed by atoms with van der Waals surface area (Å²) in [5.74, 6) is -0.259. The van der Waals surface area contributed by atoms with E-state index in [2.05, 4.69) is 5.10 Å². The van der Waals surface area contributed by atoms with Gasteiger partial charge in [-0.3, -0.25) is 19.7 Å². The number of nitrogens with zero attached hydrogens (tertiary/aromatic N) is 5. The molecule has 3 aromatic carbocycles. The van der Waals surface area contributed by atoms with E-state index in [1.165, 1.54) is 10.7 Å². The molecule has 9 nitrogen and oxygen atoms in total. The Balaban J connectivity index is 1.43. The molecule has 176 valence electrons. The molecule has 0 unspecified atom stereocenters. The van der Waals surface area contributed by atoms with Gasteiger partial charge in [-0.2, -0.15) is 5.10 Å². The Kier molecular flexibility index (Phi) is 5.97. The highest BCUT2D eigenvalue weighted by Crippen LogP contribution is 2.28. The third-order valence-electron chi connectivity index (χ3n) is 6.23. The lowest BCUT2D eigenvalue weighted by Gasteiger charge is -2.35. The minimum Gasteiger partial charge on any atom is -0.362 e. The average Bonchev–Trinajstić information content (AvgIpc) is 2.90. The van der Waals surface area contributed by atoms with Gasteiger partial charge in [0.2, 0.25) is 0 Å². The Hall–Kier alpha value is -4.53. The van der Waals surface area contributed by atoms with Crippen LogP contribution in [0.1, 0.15) is 16.1 Å². The van der Waals surface area contributed by atoms with Crippen LogP contribution in [0.25, 0.3) is 10.8 Å². The number of anilines is 1. The molecule has 0 atom stereocenters. The first-order valence-electron chi connectivity index (χ1n) is 11.3. The van der Waals surface area contributed by atoms with Gasteiger partial charge in [-0.25, -0.2) is 4.68 Å². The van der Waals surface area contributed by atoms with Crippen molar-refractivity contribution in [2.45, 2.75) is 6.54 Å². The quantitative estimate of drug-likeness (QED) is 0.328. The minimum atomic E-state index is -0.390. The van der Waals surface area contributed by atoms with E-state index in [9.17, 15) is 19.7 Å². The summed E-state index contributed by atoms with van der Waals surface area (Å²) in [7, 11) is 0. The first-order valence-corrected chi connectivity index (χ1v) is 11.3. The van der Waals surface area contributed by atoms with Crippen molar-refractivity contribution in [2.75, 3.05) is 31.1 Å². The number of benzene rings is 3. The van der Waals surface area contributed by atoms with Gasteiger partial charge in [0.05, 0.1) is 16.9 Å². The number of aromatic nitrogens is 2. The predicted octanol–water partition coefficient (Wildman–Crippen LogP) is 3.32. The number of hydrogen-bond acceptors (Lipinski definition) is 6. The van der Waals surface area contributed by atoms with Crippen molar-refractivity contribution < 1.29 is 9.72 Å². The summed E-state index contributed by atoms with van der Waals surface area (Å²) in [6.45, 7) is 1.95. The van der Waals surface area contributed by atoms with Crippen molar-refractivity contribution in [3.63, 3.8) is 0 Å². The first-order chi connectivity index (χ1) is 17.0. The fraction of sp³-hybridized carbons (Fsp3) is 0.192. The molecule has 1 saturated heterocycles. The summed E-state index contributed by atoms with van der Waals surface area (Å²) in [5.41, 5.74) is 1.49. The number of fused-ring (bicyclic) bond motifs is 1. The second-order valence-electron chi connectivity index (χ2n) is 8.37. The van der Waals surface area contributed by atoms with Crippen LogP contribution >= 0.6 is 0 Å². The van der Waals surface area contributed by atoms with Gasteiger partial charge >= 0.3 is 0 Å². The molecular formula is C26H23N5O4. The van der Waals surface area contributed by atoms with E-state index in [0.29, 0.717) is 42.6 Å². The van der Waals surface area contributed by atoms with Crippen LogP contribution in [-0.2, 0) is 6.54 Å². The molecule has 1 aliphatic rings. The summed E-state index contributed by atoms with van der Waals surface area (Å²) in [4.78, 5) is 41.3. The Bertz CT molecular complexity index is 1460. The highest BCUT2D eigenvalue weighted by atomic mass is 16.6.